The van der Waals surface area contributed by atoms with Crippen molar-refractivity contribution in [3.63, 3.8) is 0 Å². The highest BCUT2D eigenvalue weighted by atomic mass is 16.4. The zero-order valence-electron chi connectivity index (χ0n) is 13.3. The van der Waals surface area contributed by atoms with Crippen molar-refractivity contribution >= 4 is 29.2 Å². The molecule has 2 aromatic carbocycles. The molecule has 0 aliphatic rings. The van der Waals surface area contributed by atoms with Crippen LogP contribution < -0.4 is 15.5 Å². The van der Waals surface area contributed by atoms with E-state index in [1.807, 2.05) is 0 Å². The normalized spacial score (nSPS) is 10.6. The van der Waals surface area contributed by atoms with E-state index < -0.39 is 29.2 Å². The average Bonchev–Trinajstić information content (AvgIpc) is 2.60. The fourth-order valence-corrected chi connectivity index (χ4v) is 1.92. The molecule has 26 heavy (non-hydrogen) atoms. The minimum Gasteiger partial charge on any atom is -0.872 e. The molecule has 2 rings (SSSR count). The van der Waals surface area contributed by atoms with Gasteiger partial charge in [0.2, 0.25) is 0 Å². The Kier molecular flexibility index (Phi) is 5.99. The van der Waals surface area contributed by atoms with E-state index in [0.717, 1.165) is 12.1 Å². The lowest BCUT2D eigenvalue weighted by Gasteiger charge is -2.09. The maximum absolute atomic E-state index is 11.8. The second-order valence-corrected chi connectivity index (χ2v) is 5.11. The third-order valence-corrected chi connectivity index (χ3v) is 3.22. The molecule has 1 amide bonds. The third-order valence-electron chi connectivity index (χ3n) is 3.22. The van der Waals surface area contributed by atoms with E-state index in [0.29, 0.717) is 11.3 Å². The summed E-state index contributed by atoms with van der Waals surface area (Å²) in [4.78, 5) is 33.0. The van der Waals surface area contributed by atoms with Crippen molar-refractivity contribution in [2.75, 3.05) is 6.54 Å². The zero-order valence-corrected chi connectivity index (χ0v) is 13.3. The number of carbonyl (C=O) groups excluding carboxylic acids is 2. The van der Waals surface area contributed by atoms with Gasteiger partial charge in [-0.2, -0.15) is 10.2 Å². The second kappa shape index (κ2) is 8.38. The zero-order chi connectivity index (χ0) is 19.1. The molecule has 0 radical (unpaired) electrons. The number of hydrogen-bond donors (Lipinski definition) is 2. The van der Waals surface area contributed by atoms with E-state index in [1.54, 1.807) is 0 Å². The predicted molar refractivity (Wildman–Crippen MR) is 85.4 cm³/mol. The number of aromatic carboxylic acids is 1. The van der Waals surface area contributed by atoms with Crippen LogP contribution in [0.1, 0.15) is 27.1 Å². The molecule has 134 valence electrons. The number of hydrogen-bond acceptors (Lipinski definition) is 7. The number of carbonyl (C=O) groups is 3. The highest BCUT2D eigenvalue weighted by molar-refractivity contribution is 5.94. The summed E-state index contributed by atoms with van der Waals surface area (Å²) in [5.74, 6) is -3.66. The van der Waals surface area contributed by atoms with Crippen molar-refractivity contribution in [2.24, 2.45) is 10.2 Å². The largest absolute Gasteiger partial charge is 0.872 e. The van der Waals surface area contributed by atoms with Crippen LogP contribution in [0.15, 0.2) is 52.7 Å². The number of azo groups is 1. The van der Waals surface area contributed by atoms with Crippen LogP contribution >= 0.6 is 0 Å². The van der Waals surface area contributed by atoms with Crippen LogP contribution in [0.2, 0.25) is 0 Å². The Hall–Kier alpha value is -3.75. The fourth-order valence-electron chi connectivity index (χ4n) is 1.92. The van der Waals surface area contributed by atoms with Gasteiger partial charge in [0.25, 0.3) is 5.91 Å². The van der Waals surface area contributed by atoms with E-state index in [1.165, 1.54) is 30.3 Å². The molecule has 0 bridgehead atoms. The molecule has 2 N–H and O–H groups in total. The highest BCUT2D eigenvalue weighted by Gasteiger charge is 2.06. The van der Waals surface area contributed by atoms with Gasteiger partial charge in [-0.1, -0.05) is 11.8 Å². The fraction of sp³-hybridized carbons (Fsp3) is 0.118. The van der Waals surface area contributed by atoms with Crippen molar-refractivity contribution in [1.29, 1.82) is 0 Å². The Morgan fingerprint density at radius 1 is 1.00 bits per heavy atom. The summed E-state index contributed by atoms with van der Waals surface area (Å²) in [6, 6.07) is 9.54. The van der Waals surface area contributed by atoms with Gasteiger partial charge in [0.1, 0.15) is 0 Å². The highest BCUT2D eigenvalue weighted by Crippen LogP contribution is 2.23. The third kappa shape index (κ3) is 5.13. The molecule has 0 aliphatic carbocycles. The second-order valence-electron chi connectivity index (χ2n) is 5.11. The van der Waals surface area contributed by atoms with Crippen LogP contribution in [0, 0.1) is 0 Å². The summed E-state index contributed by atoms with van der Waals surface area (Å²) in [7, 11) is 0. The number of aliphatic carboxylic acids is 1. The van der Waals surface area contributed by atoms with E-state index in [9.17, 15) is 24.6 Å². The van der Waals surface area contributed by atoms with Crippen LogP contribution in [0.4, 0.5) is 11.4 Å². The SMILES string of the molecule is O=C([O-])CCNC(=O)c1ccc(N=Nc2ccc([O-])c(C(=O)O)c2)cc1. The number of carboxylic acid groups (broad SMARTS) is 2. The Labute approximate surface area is 147 Å². The van der Waals surface area contributed by atoms with Gasteiger partial charge < -0.3 is 25.4 Å². The van der Waals surface area contributed by atoms with E-state index in [4.69, 9.17) is 5.11 Å². The molecule has 0 unspecified atom stereocenters. The van der Waals surface area contributed by atoms with Crippen LogP contribution in [-0.4, -0.2) is 29.5 Å². The number of nitrogens with one attached hydrogen (secondary N) is 1. The average molecular weight is 355 g/mol. The minimum atomic E-state index is -1.35. The van der Waals surface area contributed by atoms with Gasteiger partial charge in [-0.05, 0) is 36.4 Å². The first kappa shape index (κ1) is 18.6. The van der Waals surface area contributed by atoms with Crippen molar-refractivity contribution in [1.82, 2.24) is 5.32 Å². The van der Waals surface area contributed by atoms with Gasteiger partial charge in [0.05, 0.1) is 16.9 Å². The topological polar surface area (TPSA) is 154 Å². The van der Waals surface area contributed by atoms with Gasteiger partial charge in [-0.25, -0.2) is 4.79 Å². The lowest BCUT2D eigenvalue weighted by atomic mass is 10.2. The summed E-state index contributed by atoms with van der Waals surface area (Å²) in [6.07, 6.45) is -0.279. The van der Waals surface area contributed by atoms with E-state index >= 15 is 0 Å². The van der Waals surface area contributed by atoms with Crippen molar-refractivity contribution in [3.05, 3.63) is 53.6 Å². The number of amides is 1. The molecule has 9 heteroatoms. The van der Waals surface area contributed by atoms with Crippen LogP contribution in [0.25, 0.3) is 0 Å². The smallest absolute Gasteiger partial charge is 0.335 e. The van der Waals surface area contributed by atoms with Crippen molar-refractivity contribution in [2.45, 2.75) is 6.42 Å². The molecule has 0 fully saturated rings. The summed E-state index contributed by atoms with van der Waals surface area (Å²) in [5, 5.41) is 40.8. The molecule has 0 heterocycles. The van der Waals surface area contributed by atoms with Gasteiger partial charge in [0.15, 0.2) is 0 Å². The predicted octanol–water partition coefficient (Wildman–Crippen LogP) is 0.744. The van der Waals surface area contributed by atoms with Gasteiger partial charge in [0, 0.05) is 24.5 Å². The molecule has 0 spiro atoms. The maximum atomic E-state index is 11.8. The van der Waals surface area contributed by atoms with Gasteiger partial charge >= 0.3 is 5.97 Å². The first-order valence-electron chi connectivity index (χ1n) is 7.41. The number of nitrogens with zero attached hydrogens (tertiary/aromatic N) is 2. The molecule has 0 atom stereocenters. The molecule has 0 saturated carbocycles. The van der Waals surface area contributed by atoms with Gasteiger partial charge in [-0.15, -0.1) is 0 Å². The molecule has 9 nitrogen and oxygen atoms in total. The molecule has 0 aliphatic heterocycles. The Balaban J connectivity index is 2.04. The molecule has 2 aromatic rings. The monoisotopic (exact) mass is 355 g/mol. The molecule has 0 aromatic heterocycles. The van der Waals surface area contributed by atoms with E-state index in [2.05, 4.69) is 15.5 Å². The maximum Gasteiger partial charge on any atom is 0.335 e. The lowest BCUT2D eigenvalue weighted by molar-refractivity contribution is -0.305. The van der Waals surface area contributed by atoms with Crippen molar-refractivity contribution in [3.8, 4) is 5.75 Å². The van der Waals surface area contributed by atoms with Crippen LogP contribution in [-0.2, 0) is 4.79 Å². The summed E-state index contributed by atoms with van der Waals surface area (Å²) < 4.78 is 0. The Bertz CT molecular complexity index is 861. The number of carboxylic acids is 2. The Morgan fingerprint density at radius 3 is 2.23 bits per heavy atom. The molecule has 0 saturated heterocycles. The minimum absolute atomic E-state index is 0.0375. The van der Waals surface area contributed by atoms with Gasteiger partial charge in [-0.3, -0.25) is 4.79 Å². The van der Waals surface area contributed by atoms with Crippen molar-refractivity contribution < 1.29 is 29.7 Å². The Morgan fingerprint density at radius 2 is 1.62 bits per heavy atom. The first-order valence-corrected chi connectivity index (χ1v) is 7.41. The summed E-state index contributed by atoms with van der Waals surface area (Å²) in [6.45, 7) is -0.0375. The first-order chi connectivity index (χ1) is 12.4. The number of rotatable bonds is 7. The standard InChI is InChI=1S/C17H15N3O6/c21-14-6-5-12(9-13(14)17(25)26)20-19-11-3-1-10(2-4-11)16(24)18-8-7-15(22)23/h1-6,9,21H,7-8H2,(H,18,24)(H,22,23)(H,25,26)/p-2. The van der Waals surface area contributed by atoms with Crippen LogP contribution in [0.5, 0.6) is 5.75 Å². The summed E-state index contributed by atoms with van der Waals surface area (Å²) in [5.41, 5.74) is 0.515. The van der Waals surface area contributed by atoms with E-state index in [-0.39, 0.29) is 18.7 Å². The lowest BCUT2D eigenvalue weighted by Crippen LogP contribution is -2.30. The summed E-state index contributed by atoms with van der Waals surface area (Å²) >= 11 is 0. The molecular formula is C17H13N3O6-2. The molecular weight excluding hydrogens is 342 g/mol. The quantitative estimate of drug-likeness (QED) is 0.698. The van der Waals surface area contributed by atoms with Crippen LogP contribution in [0.3, 0.4) is 0 Å². The number of benzene rings is 2.